The zero-order chi connectivity index (χ0) is 15.4. The molecule has 1 aromatic rings. The molecule has 0 aromatic carbocycles. The average molecular weight is 311 g/mol. The Morgan fingerprint density at radius 1 is 1.29 bits per heavy atom. The zero-order valence-corrected chi connectivity index (χ0v) is 13.9. The van der Waals surface area contributed by atoms with Crippen LogP contribution in [0.1, 0.15) is 20.1 Å². The van der Waals surface area contributed by atoms with Crippen LogP contribution in [-0.4, -0.2) is 79.1 Å². The van der Waals surface area contributed by atoms with Gasteiger partial charge in [-0.15, -0.1) is 11.3 Å². The van der Waals surface area contributed by atoms with Gasteiger partial charge in [-0.05, 0) is 32.6 Å². The van der Waals surface area contributed by atoms with Crippen molar-refractivity contribution in [1.82, 2.24) is 14.7 Å². The first-order chi connectivity index (χ1) is 9.95. The molecule has 5 nitrogen and oxygen atoms in total. The fourth-order valence-corrected chi connectivity index (χ4v) is 3.41. The number of nitrogens with zero attached hydrogens (tertiary/aromatic N) is 3. The van der Waals surface area contributed by atoms with Crippen molar-refractivity contribution in [3.8, 4) is 0 Å². The Kier molecular flexibility index (Phi) is 5.75. The highest BCUT2D eigenvalue weighted by Gasteiger charge is 2.19. The first kappa shape index (κ1) is 16.4. The van der Waals surface area contributed by atoms with Gasteiger partial charge in [0.15, 0.2) is 0 Å². The molecule has 0 unspecified atom stereocenters. The summed E-state index contributed by atoms with van der Waals surface area (Å²) in [7, 11) is 4.21. The first-order valence-corrected chi connectivity index (χ1v) is 8.19. The molecule has 1 aliphatic heterocycles. The lowest BCUT2D eigenvalue weighted by atomic mass is 10.2. The van der Waals surface area contributed by atoms with Crippen LogP contribution in [0, 0.1) is 6.92 Å². The van der Waals surface area contributed by atoms with E-state index in [1.807, 2.05) is 13.0 Å². The molecule has 2 heterocycles. The predicted octanol–water partition coefficient (Wildman–Crippen LogP) is 1.43. The van der Waals surface area contributed by atoms with Gasteiger partial charge in [0.2, 0.25) is 0 Å². The SMILES string of the molecule is Cc1sc(C(=O)O)cc1CN1CCN(CCN(C)C)CC1. The fourth-order valence-electron chi connectivity index (χ4n) is 2.54. The van der Waals surface area contributed by atoms with Crippen molar-refractivity contribution in [1.29, 1.82) is 0 Å². The van der Waals surface area contributed by atoms with E-state index in [-0.39, 0.29) is 0 Å². The van der Waals surface area contributed by atoms with Crippen LogP contribution in [0.2, 0.25) is 0 Å². The van der Waals surface area contributed by atoms with Crippen LogP contribution in [0.3, 0.4) is 0 Å². The maximum absolute atomic E-state index is 11.0. The lowest BCUT2D eigenvalue weighted by Crippen LogP contribution is -2.47. The standard InChI is InChI=1S/C15H25N3O2S/c1-12-13(10-14(21-12)15(19)20)11-18-8-6-17(7-9-18)5-4-16(2)3/h10H,4-9,11H2,1-3H3,(H,19,20). The third-order valence-electron chi connectivity index (χ3n) is 3.95. The van der Waals surface area contributed by atoms with E-state index in [1.165, 1.54) is 16.9 Å². The summed E-state index contributed by atoms with van der Waals surface area (Å²) in [6.07, 6.45) is 0. The smallest absolute Gasteiger partial charge is 0.345 e. The molecule has 0 aliphatic carbocycles. The molecule has 1 N–H and O–H groups in total. The van der Waals surface area contributed by atoms with Crippen LogP contribution in [0.15, 0.2) is 6.07 Å². The first-order valence-electron chi connectivity index (χ1n) is 7.37. The number of hydrogen-bond donors (Lipinski definition) is 1. The van der Waals surface area contributed by atoms with Gasteiger partial charge >= 0.3 is 5.97 Å². The molecule has 118 valence electrons. The Hall–Kier alpha value is -0.950. The Balaban J connectivity index is 1.82. The molecule has 1 aromatic heterocycles. The largest absolute Gasteiger partial charge is 0.477 e. The Bertz CT molecular complexity index is 479. The second-order valence-corrected chi connectivity index (χ2v) is 7.17. The van der Waals surface area contributed by atoms with Crippen molar-refractivity contribution in [3.63, 3.8) is 0 Å². The molecule has 0 amide bonds. The number of carboxylic acids is 1. The van der Waals surface area contributed by atoms with E-state index in [2.05, 4.69) is 28.8 Å². The lowest BCUT2D eigenvalue weighted by molar-refractivity contribution is 0.0702. The summed E-state index contributed by atoms with van der Waals surface area (Å²) in [4.78, 5) is 19.7. The van der Waals surface area contributed by atoms with Gasteiger partial charge in [0.1, 0.15) is 4.88 Å². The van der Waals surface area contributed by atoms with Crippen LogP contribution in [0.25, 0.3) is 0 Å². The average Bonchev–Trinajstić information content (AvgIpc) is 2.80. The van der Waals surface area contributed by atoms with Gasteiger partial charge < -0.3 is 10.0 Å². The molecule has 6 heteroatoms. The summed E-state index contributed by atoms with van der Waals surface area (Å²) in [5.41, 5.74) is 1.17. The van der Waals surface area contributed by atoms with Crippen molar-refractivity contribution >= 4 is 17.3 Å². The molecule has 0 atom stereocenters. The molecule has 0 saturated carbocycles. The van der Waals surface area contributed by atoms with Crippen LogP contribution in [-0.2, 0) is 6.54 Å². The number of rotatable bonds is 6. The third kappa shape index (κ3) is 4.78. The molecule has 1 aliphatic rings. The number of piperazine rings is 1. The van der Waals surface area contributed by atoms with Crippen molar-refractivity contribution in [2.75, 3.05) is 53.4 Å². The maximum Gasteiger partial charge on any atom is 0.345 e. The summed E-state index contributed by atoms with van der Waals surface area (Å²) in [6, 6.07) is 1.83. The molecule has 0 spiro atoms. The Morgan fingerprint density at radius 3 is 2.43 bits per heavy atom. The molecular formula is C15H25N3O2S. The number of aromatic carboxylic acids is 1. The van der Waals surface area contributed by atoms with Crippen molar-refractivity contribution in [2.24, 2.45) is 0 Å². The summed E-state index contributed by atoms with van der Waals surface area (Å²) in [5, 5.41) is 9.05. The summed E-state index contributed by atoms with van der Waals surface area (Å²) >= 11 is 1.38. The van der Waals surface area contributed by atoms with Crippen LogP contribution >= 0.6 is 11.3 Å². The second kappa shape index (κ2) is 7.35. The van der Waals surface area contributed by atoms with E-state index in [4.69, 9.17) is 5.11 Å². The van der Waals surface area contributed by atoms with Gasteiger partial charge in [-0.25, -0.2) is 4.79 Å². The van der Waals surface area contributed by atoms with Crippen LogP contribution < -0.4 is 0 Å². The topological polar surface area (TPSA) is 47.0 Å². The van der Waals surface area contributed by atoms with Crippen LogP contribution in [0.4, 0.5) is 0 Å². The van der Waals surface area contributed by atoms with Gasteiger partial charge in [0.05, 0.1) is 0 Å². The van der Waals surface area contributed by atoms with Crippen molar-refractivity contribution < 1.29 is 9.90 Å². The molecule has 2 rings (SSSR count). The van der Waals surface area contributed by atoms with E-state index < -0.39 is 5.97 Å². The number of thiophene rings is 1. The number of carbonyl (C=O) groups is 1. The van der Waals surface area contributed by atoms with Crippen LogP contribution in [0.5, 0.6) is 0 Å². The summed E-state index contributed by atoms with van der Waals surface area (Å²) in [6.45, 7) is 9.44. The molecule has 1 saturated heterocycles. The lowest BCUT2D eigenvalue weighted by Gasteiger charge is -2.35. The molecular weight excluding hydrogens is 286 g/mol. The normalized spacial score (nSPS) is 17.5. The second-order valence-electron chi connectivity index (χ2n) is 5.92. The molecule has 21 heavy (non-hydrogen) atoms. The van der Waals surface area contributed by atoms with Gasteiger partial charge in [0.25, 0.3) is 0 Å². The van der Waals surface area contributed by atoms with Gasteiger partial charge in [0, 0.05) is 50.7 Å². The highest BCUT2D eigenvalue weighted by molar-refractivity contribution is 7.14. The molecule has 1 fully saturated rings. The van der Waals surface area contributed by atoms with E-state index in [0.717, 1.165) is 50.7 Å². The zero-order valence-electron chi connectivity index (χ0n) is 13.1. The van der Waals surface area contributed by atoms with Crippen molar-refractivity contribution in [3.05, 3.63) is 21.4 Å². The fraction of sp³-hybridized carbons (Fsp3) is 0.667. The number of likely N-dealkylation sites (N-methyl/N-ethyl adjacent to an activating group) is 1. The van der Waals surface area contributed by atoms with E-state index in [1.54, 1.807) is 0 Å². The summed E-state index contributed by atoms with van der Waals surface area (Å²) < 4.78 is 0. The highest BCUT2D eigenvalue weighted by atomic mass is 32.1. The number of hydrogen-bond acceptors (Lipinski definition) is 5. The number of aryl methyl sites for hydroxylation is 1. The van der Waals surface area contributed by atoms with E-state index in [9.17, 15) is 4.79 Å². The van der Waals surface area contributed by atoms with E-state index >= 15 is 0 Å². The molecule has 0 radical (unpaired) electrons. The van der Waals surface area contributed by atoms with Gasteiger partial charge in [-0.3, -0.25) is 9.80 Å². The predicted molar refractivity (Wildman–Crippen MR) is 86.3 cm³/mol. The monoisotopic (exact) mass is 311 g/mol. The highest BCUT2D eigenvalue weighted by Crippen LogP contribution is 2.23. The quantitative estimate of drug-likeness (QED) is 0.861. The van der Waals surface area contributed by atoms with Crippen molar-refractivity contribution in [2.45, 2.75) is 13.5 Å². The minimum absolute atomic E-state index is 0.451. The molecule has 0 bridgehead atoms. The van der Waals surface area contributed by atoms with E-state index in [0.29, 0.717) is 4.88 Å². The minimum Gasteiger partial charge on any atom is -0.477 e. The number of carboxylic acid groups (broad SMARTS) is 1. The van der Waals surface area contributed by atoms with Gasteiger partial charge in [-0.1, -0.05) is 0 Å². The van der Waals surface area contributed by atoms with Gasteiger partial charge in [-0.2, -0.15) is 0 Å². The minimum atomic E-state index is -0.817. The Morgan fingerprint density at radius 2 is 1.90 bits per heavy atom. The Labute approximate surface area is 130 Å². The third-order valence-corrected chi connectivity index (χ3v) is 5.03. The maximum atomic E-state index is 11.0. The summed E-state index contributed by atoms with van der Waals surface area (Å²) in [5.74, 6) is -0.817.